The molecule has 0 heterocycles. The zero-order valence-electron chi connectivity index (χ0n) is 5.23. The summed E-state index contributed by atoms with van der Waals surface area (Å²) >= 11 is 0. The minimum atomic E-state index is 0.125. The van der Waals surface area contributed by atoms with E-state index in [4.69, 9.17) is 12.8 Å². The third-order valence-corrected chi connectivity index (χ3v) is 1.13. The molecular weight excluding hydrogens is 96.1 g/mol. The Kier molecular flexibility index (Phi) is 2.82. The van der Waals surface area contributed by atoms with Gasteiger partial charge in [-0.05, 0) is 13.8 Å². The Morgan fingerprint density at radius 3 is 2.12 bits per heavy atom. The summed E-state index contributed by atoms with van der Waals surface area (Å²) < 4.78 is 0. The summed E-state index contributed by atoms with van der Waals surface area (Å²) in [5, 5.41) is 0. The highest BCUT2D eigenvalue weighted by molar-refractivity contribution is 5.22. The zero-order chi connectivity index (χ0) is 6.57. The predicted octanol–water partition coefficient (Wildman–Crippen LogP) is 1.48. The van der Waals surface area contributed by atoms with Crippen molar-refractivity contribution in [2.75, 3.05) is 0 Å². The second kappa shape index (κ2) is 3.16. The molecular formula is C8H9. The van der Waals surface area contributed by atoms with Gasteiger partial charge in [-0.3, -0.25) is 0 Å². The maximum absolute atomic E-state index is 5.08. The van der Waals surface area contributed by atoms with Crippen LogP contribution in [-0.4, -0.2) is 0 Å². The minimum Gasteiger partial charge on any atom is -0.120 e. The first kappa shape index (κ1) is 7.12. The van der Waals surface area contributed by atoms with Crippen molar-refractivity contribution in [1.29, 1.82) is 0 Å². The van der Waals surface area contributed by atoms with E-state index in [1.165, 1.54) is 0 Å². The van der Waals surface area contributed by atoms with E-state index >= 15 is 0 Å². The van der Waals surface area contributed by atoms with Crippen LogP contribution in [-0.2, 0) is 0 Å². The normalized spacial score (nSPS) is 12.1. The molecule has 0 nitrogen and oxygen atoms in total. The van der Waals surface area contributed by atoms with Gasteiger partial charge in [-0.15, -0.1) is 18.8 Å². The molecule has 8 heavy (non-hydrogen) atoms. The standard InChI is InChI=1S/C8H9/c1-5-7(3)8(4)6-2/h1-2,7H,3-4H3. The smallest absolute Gasteiger partial charge is 0.0592 e. The molecule has 0 rings (SSSR count). The molecule has 0 aromatic rings. The molecule has 0 aromatic heterocycles. The van der Waals surface area contributed by atoms with E-state index in [1.54, 1.807) is 0 Å². The predicted molar refractivity (Wildman–Crippen MR) is 35.7 cm³/mol. The van der Waals surface area contributed by atoms with Crippen molar-refractivity contribution in [3.63, 3.8) is 0 Å². The fourth-order valence-corrected chi connectivity index (χ4v) is 0.250. The van der Waals surface area contributed by atoms with E-state index in [9.17, 15) is 0 Å². The van der Waals surface area contributed by atoms with Crippen molar-refractivity contribution in [2.24, 2.45) is 5.92 Å². The SMILES string of the molecule is C#C[C](C)C(C)C#C. The highest BCUT2D eigenvalue weighted by Gasteiger charge is 2.04. The molecule has 0 bridgehead atoms. The molecule has 0 aliphatic rings. The molecule has 0 fully saturated rings. The van der Waals surface area contributed by atoms with Gasteiger partial charge in [0.05, 0.1) is 5.92 Å². The molecule has 0 saturated heterocycles. The van der Waals surface area contributed by atoms with Crippen LogP contribution >= 0.6 is 0 Å². The lowest BCUT2D eigenvalue weighted by atomic mass is 9.98. The van der Waals surface area contributed by atoms with E-state index in [0.717, 1.165) is 5.92 Å². The number of rotatable bonds is 1. The maximum atomic E-state index is 5.08. The molecule has 41 valence electrons. The van der Waals surface area contributed by atoms with Gasteiger partial charge in [-0.1, -0.05) is 5.92 Å². The Hall–Kier alpha value is -0.880. The molecule has 0 aliphatic heterocycles. The van der Waals surface area contributed by atoms with Crippen molar-refractivity contribution in [2.45, 2.75) is 13.8 Å². The van der Waals surface area contributed by atoms with Gasteiger partial charge >= 0.3 is 0 Å². The summed E-state index contributed by atoms with van der Waals surface area (Å²) in [5.41, 5.74) is 0. The molecule has 1 atom stereocenters. The summed E-state index contributed by atoms with van der Waals surface area (Å²) in [6.45, 7) is 3.78. The third-order valence-electron chi connectivity index (χ3n) is 1.13. The second-order valence-electron chi connectivity index (χ2n) is 1.72. The van der Waals surface area contributed by atoms with Crippen LogP contribution in [0.2, 0.25) is 0 Å². The van der Waals surface area contributed by atoms with Crippen LogP contribution in [0.15, 0.2) is 0 Å². The lowest BCUT2D eigenvalue weighted by molar-refractivity contribution is 0.826. The quantitative estimate of drug-likeness (QED) is 0.443. The lowest BCUT2D eigenvalue weighted by Gasteiger charge is -2.03. The summed E-state index contributed by atoms with van der Waals surface area (Å²) in [4.78, 5) is 0. The first-order chi connectivity index (χ1) is 3.72. The van der Waals surface area contributed by atoms with Crippen molar-refractivity contribution >= 4 is 0 Å². The van der Waals surface area contributed by atoms with E-state index in [2.05, 4.69) is 11.8 Å². The van der Waals surface area contributed by atoms with E-state index < -0.39 is 0 Å². The van der Waals surface area contributed by atoms with Crippen LogP contribution in [0, 0.1) is 36.5 Å². The number of terminal acetylenes is 2. The monoisotopic (exact) mass is 105 g/mol. The largest absolute Gasteiger partial charge is 0.120 e. The van der Waals surface area contributed by atoms with Gasteiger partial charge in [0.1, 0.15) is 0 Å². The first-order valence-corrected chi connectivity index (χ1v) is 2.48. The van der Waals surface area contributed by atoms with Crippen molar-refractivity contribution in [3.8, 4) is 24.7 Å². The molecule has 1 unspecified atom stereocenters. The lowest BCUT2D eigenvalue weighted by Crippen LogP contribution is -1.98. The molecule has 0 spiro atoms. The molecule has 0 aromatic carbocycles. The van der Waals surface area contributed by atoms with Gasteiger partial charge < -0.3 is 0 Å². The highest BCUT2D eigenvalue weighted by atomic mass is 14.0. The molecule has 0 heteroatoms. The Labute approximate surface area is 51.3 Å². The number of hydrogen-bond donors (Lipinski definition) is 0. The summed E-state index contributed by atoms with van der Waals surface area (Å²) in [5.74, 6) is 6.07. The third kappa shape index (κ3) is 1.71. The fourth-order valence-electron chi connectivity index (χ4n) is 0.250. The average Bonchev–Trinajstić information content (AvgIpc) is 1.84. The minimum absolute atomic E-state index is 0.125. The van der Waals surface area contributed by atoms with Crippen molar-refractivity contribution in [1.82, 2.24) is 0 Å². The maximum Gasteiger partial charge on any atom is 0.0592 e. The molecule has 0 amide bonds. The van der Waals surface area contributed by atoms with Crippen LogP contribution in [0.4, 0.5) is 0 Å². The second-order valence-corrected chi connectivity index (χ2v) is 1.72. The van der Waals surface area contributed by atoms with E-state index in [0.29, 0.717) is 0 Å². The van der Waals surface area contributed by atoms with Gasteiger partial charge in [-0.25, -0.2) is 0 Å². The van der Waals surface area contributed by atoms with Crippen LogP contribution < -0.4 is 0 Å². The van der Waals surface area contributed by atoms with Crippen molar-refractivity contribution in [3.05, 3.63) is 5.92 Å². The number of hydrogen-bond acceptors (Lipinski definition) is 0. The van der Waals surface area contributed by atoms with Gasteiger partial charge in [0.15, 0.2) is 0 Å². The fraction of sp³-hybridized carbons (Fsp3) is 0.375. The zero-order valence-corrected chi connectivity index (χ0v) is 5.23. The van der Waals surface area contributed by atoms with Crippen LogP contribution in [0.3, 0.4) is 0 Å². The van der Waals surface area contributed by atoms with Gasteiger partial charge in [0.2, 0.25) is 0 Å². The summed E-state index contributed by atoms with van der Waals surface area (Å²) in [7, 11) is 0. The van der Waals surface area contributed by atoms with Crippen LogP contribution in [0.1, 0.15) is 13.8 Å². The van der Waals surface area contributed by atoms with Gasteiger partial charge in [-0.2, -0.15) is 0 Å². The Morgan fingerprint density at radius 2 is 2.00 bits per heavy atom. The first-order valence-electron chi connectivity index (χ1n) is 2.48. The average molecular weight is 105 g/mol. The Balaban J connectivity index is 3.72. The van der Waals surface area contributed by atoms with Gasteiger partial charge in [0.25, 0.3) is 0 Å². The molecule has 0 saturated carbocycles. The summed E-state index contributed by atoms with van der Waals surface area (Å²) in [6.07, 6.45) is 10.1. The van der Waals surface area contributed by atoms with Gasteiger partial charge in [0, 0.05) is 5.92 Å². The highest BCUT2D eigenvalue weighted by Crippen LogP contribution is 2.08. The van der Waals surface area contributed by atoms with Crippen LogP contribution in [0.5, 0.6) is 0 Å². The van der Waals surface area contributed by atoms with E-state index in [-0.39, 0.29) is 5.92 Å². The molecule has 1 radical (unpaired) electrons. The Morgan fingerprint density at radius 1 is 1.50 bits per heavy atom. The van der Waals surface area contributed by atoms with E-state index in [1.807, 2.05) is 13.8 Å². The van der Waals surface area contributed by atoms with Crippen molar-refractivity contribution < 1.29 is 0 Å². The van der Waals surface area contributed by atoms with Crippen LogP contribution in [0.25, 0.3) is 0 Å². The summed E-state index contributed by atoms with van der Waals surface area (Å²) in [6, 6.07) is 0. The molecule has 0 N–H and O–H groups in total. The topological polar surface area (TPSA) is 0 Å². The Bertz CT molecular complexity index is 113. The molecule has 0 aliphatic carbocycles.